The average molecular weight is 378 g/mol. The minimum absolute atomic E-state index is 0.0417. The number of aromatic nitrogens is 1. The fraction of sp³-hybridized carbons (Fsp3) is 0.133. The number of fused-ring (bicyclic) bond motifs is 1. The molecule has 0 saturated carbocycles. The third kappa shape index (κ3) is 2.99. The van der Waals surface area contributed by atoms with E-state index >= 15 is 0 Å². The van der Waals surface area contributed by atoms with Gasteiger partial charge in [-0.15, -0.1) is 0 Å². The molecule has 0 fully saturated rings. The molecule has 1 aromatic carbocycles. The maximum Gasteiger partial charge on any atom is 0.404 e. The highest BCUT2D eigenvalue weighted by Gasteiger charge is 2.38. The molecule has 136 valence electrons. The number of pyridine rings is 1. The van der Waals surface area contributed by atoms with Crippen LogP contribution in [0.25, 0.3) is 0 Å². The lowest BCUT2D eigenvalue weighted by Crippen LogP contribution is -2.44. The summed E-state index contributed by atoms with van der Waals surface area (Å²) in [6.07, 6.45) is -0.108. The quantitative estimate of drug-likeness (QED) is 0.734. The maximum absolute atomic E-state index is 12.8. The van der Waals surface area contributed by atoms with Crippen LogP contribution in [0.2, 0.25) is 0 Å². The molecule has 2 heterocycles. The fourth-order valence-electron chi connectivity index (χ4n) is 2.50. The van der Waals surface area contributed by atoms with Crippen LogP contribution >= 0.6 is 0 Å². The van der Waals surface area contributed by atoms with Crippen molar-refractivity contribution in [1.82, 2.24) is 10.3 Å². The van der Waals surface area contributed by atoms with E-state index in [1.54, 1.807) is 12.1 Å². The highest BCUT2D eigenvalue weighted by molar-refractivity contribution is 7.94. The van der Waals surface area contributed by atoms with Crippen LogP contribution in [0.5, 0.6) is 5.88 Å². The summed E-state index contributed by atoms with van der Waals surface area (Å²) < 4.78 is 31.3. The normalized spacial score (nSPS) is 15.0. The number of nitrogens with one attached hydrogen (secondary N) is 2. The Hall–Kier alpha value is -3.34. The number of ether oxygens (including phenoxy) is 1. The van der Waals surface area contributed by atoms with E-state index in [9.17, 15) is 18.0 Å². The highest BCUT2D eigenvalue weighted by Crippen LogP contribution is 2.34. The summed E-state index contributed by atoms with van der Waals surface area (Å²) in [7, 11) is -2.81. The summed E-state index contributed by atoms with van der Waals surface area (Å²) in [4.78, 5) is 27.0. The Morgan fingerprint density at radius 2 is 2.12 bits per heavy atom. The van der Waals surface area contributed by atoms with Gasteiger partial charge in [-0.05, 0) is 18.2 Å². The fourth-order valence-corrected chi connectivity index (χ4v) is 3.99. The van der Waals surface area contributed by atoms with Crippen molar-refractivity contribution in [3.05, 3.63) is 42.1 Å². The summed E-state index contributed by atoms with van der Waals surface area (Å²) in [5.41, 5.74) is 0.414. The van der Waals surface area contributed by atoms with E-state index in [4.69, 9.17) is 9.84 Å². The van der Waals surface area contributed by atoms with Gasteiger partial charge in [0.05, 0.1) is 31.2 Å². The molecule has 3 N–H and O–H groups in total. The molecular formula is C15H14N4O6S. The molecule has 1 aliphatic heterocycles. The lowest BCUT2D eigenvalue weighted by molar-refractivity contribution is 0.194. The minimum Gasteiger partial charge on any atom is -0.481 e. The van der Waals surface area contributed by atoms with Gasteiger partial charge in [-0.3, -0.25) is 0 Å². The molecule has 26 heavy (non-hydrogen) atoms. The van der Waals surface area contributed by atoms with Crippen molar-refractivity contribution in [2.75, 3.05) is 16.7 Å². The molecule has 0 atom stereocenters. The molecule has 1 aromatic heterocycles. The Kier molecular flexibility index (Phi) is 4.38. The molecule has 3 rings (SSSR count). The second-order valence-electron chi connectivity index (χ2n) is 5.22. The van der Waals surface area contributed by atoms with Crippen molar-refractivity contribution in [3.63, 3.8) is 0 Å². The molecule has 11 heteroatoms. The minimum atomic E-state index is -4.15. The van der Waals surface area contributed by atoms with Gasteiger partial charge in [0.25, 0.3) is 10.0 Å². The number of benzene rings is 1. The zero-order chi connectivity index (χ0) is 18.9. The molecule has 0 saturated heterocycles. The van der Waals surface area contributed by atoms with E-state index in [-0.39, 0.29) is 34.3 Å². The van der Waals surface area contributed by atoms with E-state index in [1.165, 1.54) is 25.3 Å². The third-order valence-electron chi connectivity index (χ3n) is 3.60. The number of hydrogen-bond donors (Lipinski definition) is 3. The molecular weight excluding hydrogens is 364 g/mol. The SMILES string of the molecule is COc1ncc(N2C(=O)Nc3ccccc3S2(=O)=O)cc1CNC(=O)O. The van der Waals surface area contributed by atoms with Gasteiger partial charge >= 0.3 is 12.1 Å². The van der Waals surface area contributed by atoms with Crippen LogP contribution in [0.1, 0.15) is 5.56 Å². The van der Waals surface area contributed by atoms with E-state index in [2.05, 4.69) is 15.6 Å². The lowest BCUT2D eigenvalue weighted by atomic mass is 10.2. The van der Waals surface area contributed by atoms with E-state index < -0.39 is 22.1 Å². The van der Waals surface area contributed by atoms with E-state index in [1.807, 2.05) is 0 Å². The Morgan fingerprint density at radius 1 is 1.38 bits per heavy atom. The van der Waals surface area contributed by atoms with E-state index in [0.717, 1.165) is 6.20 Å². The molecule has 10 nitrogen and oxygen atoms in total. The van der Waals surface area contributed by atoms with Crippen LogP contribution in [0.15, 0.2) is 41.4 Å². The van der Waals surface area contributed by atoms with Crippen molar-refractivity contribution in [3.8, 4) is 5.88 Å². The number of urea groups is 1. The Morgan fingerprint density at radius 3 is 2.81 bits per heavy atom. The molecule has 2 aromatic rings. The predicted octanol–water partition coefficient (Wildman–Crippen LogP) is 1.60. The summed E-state index contributed by atoms with van der Waals surface area (Å²) in [5, 5.41) is 13.4. The van der Waals surface area contributed by atoms with Gasteiger partial charge in [-0.25, -0.2) is 23.0 Å². The predicted molar refractivity (Wildman–Crippen MR) is 90.8 cm³/mol. The molecule has 0 unspecified atom stereocenters. The van der Waals surface area contributed by atoms with Crippen molar-refractivity contribution in [1.29, 1.82) is 0 Å². The summed E-state index contributed by atoms with van der Waals surface area (Å²) in [6, 6.07) is 6.47. The number of carboxylic acid groups (broad SMARTS) is 1. The largest absolute Gasteiger partial charge is 0.481 e. The molecule has 0 aliphatic carbocycles. The van der Waals surface area contributed by atoms with Gasteiger partial charge in [0.15, 0.2) is 0 Å². The maximum atomic E-state index is 12.8. The van der Waals surface area contributed by atoms with Gasteiger partial charge in [-0.1, -0.05) is 12.1 Å². The Balaban J connectivity index is 2.07. The van der Waals surface area contributed by atoms with Gasteiger partial charge in [0.1, 0.15) is 4.90 Å². The number of rotatable bonds is 4. The molecule has 0 spiro atoms. The molecule has 3 amide bonds. The first-order valence-electron chi connectivity index (χ1n) is 7.29. The summed E-state index contributed by atoms with van der Waals surface area (Å²) in [5.74, 6) is 0.109. The lowest BCUT2D eigenvalue weighted by Gasteiger charge is -2.28. The monoisotopic (exact) mass is 378 g/mol. The molecule has 1 aliphatic rings. The molecule has 0 radical (unpaired) electrons. The highest BCUT2D eigenvalue weighted by atomic mass is 32.2. The second kappa shape index (κ2) is 6.52. The first kappa shape index (κ1) is 17.5. The first-order valence-corrected chi connectivity index (χ1v) is 8.73. The number of para-hydroxylation sites is 1. The Labute approximate surface area is 148 Å². The topological polar surface area (TPSA) is 138 Å². The van der Waals surface area contributed by atoms with Crippen LogP contribution < -0.4 is 19.7 Å². The number of carbonyl (C=O) groups is 2. The number of anilines is 2. The standard InChI is InChI=1S/C15H14N4O6S/c1-25-13-9(7-17-15(21)22)6-10(8-16-13)19-14(20)18-11-4-2-3-5-12(11)26(19,23)24/h2-6,8,17H,7H2,1H3,(H,18,20)(H,21,22). The van der Waals surface area contributed by atoms with Crippen molar-refractivity contribution in [2.24, 2.45) is 0 Å². The van der Waals surface area contributed by atoms with Gasteiger partial charge in [0, 0.05) is 5.56 Å². The van der Waals surface area contributed by atoms with Crippen molar-refractivity contribution < 1.29 is 27.9 Å². The number of carbonyl (C=O) groups excluding carboxylic acids is 1. The van der Waals surface area contributed by atoms with Crippen molar-refractivity contribution in [2.45, 2.75) is 11.4 Å². The number of nitrogens with zero attached hydrogens (tertiary/aromatic N) is 2. The summed E-state index contributed by atoms with van der Waals surface area (Å²) >= 11 is 0. The Bertz CT molecular complexity index is 991. The average Bonchev–Trinajstić information content (AvgIpc) is 2.59. The van der Waals surface area contributed by atoms with Gasteiger partial charge < -0.3 is 20.5 Å². The van der Waals surface area contributed by atoms with Gasteiger partial charge in [0.2, 0.25) is 5.88 Å². The third-order valence-corrected chi connectivity index (χ3v) is 5.37. The van der Waals surface area contributed by atoms with Gasteiger partial charge in [-0.2, -0.15) is 4.31 Å². The number of sulfonamides is 1. The summed E-state index contributed by atoms with van der Waals surface area (Å²) in [6.45, 7) is -0.175. The van der Waals surface area contributed by atoms with E-state index in [0.29, 0.717) is 4.31 Å². The number of amides is 3. The van der Waals surface area contributed by atoms with Crippen molar-refractivity contribution >= 4 is 33.5 Å². The van der Waals surface area contributed by atoms with Crippen LogP contribution in [-0.2, 0) is 16.6 Å². The first-order chi connectivity index (χ1) is 12.3. The number of hydrogen-bond acceptors (Lipinski definition) is 6. The zero-order valence-electron chi connectivity index (χ0n) is 13.5. The number of methoxy groups -OCH3 is 1. The smallest absolute Gasteiger partial charge is 0.404 e. The second-order valence-corrected chi connectivity index (χ2v) is 6.97. The van der Waals surface area contributed by atoms with Crippen LogP contribution in [0.3, 0.4) is 0 Å². The van der Waals surface area contributed by atoms with Crippen LogP contribution in [-0.4, -0.2) is 37.7 Å². The van der Waals surface area contributed by atoms with Crippen LogP contribution in [0, 0.1) is 0 Å². The molecule has 0 bridgehead atoms. The zero-order valence-corrected chi connectivity index (χ0v) is 14.3. The van der Waals surface area contributed by atoms with Crippen LogP contribution in [0.4, 0.5) is 21.0 Å².